The molecule has 1 aliphatic rings. The number of H-pyrrole nitrogens is 1. The van der Waals surface area contributed by atoms with Gasteiger partial charge in [-0.05, 0) is 24.6 Å². The fraction of sp³-hybridized carbons (Fsp3) is 0.263. The van der Waals surface area contributed by atoms with Gasteiger partial charge in [-0.25, -0.2) is 0 Å². The molecule has 8 nitrogen and oxygen atoms in total. The first kappa shape index (κ1) is 15.8. The third-order valence-electron chi connectivity index (χ3n) is 4.79. The number of hydrogen-bond acceptors (Lipinski definition) is 6. The maximum absolute atomic E-state index is 6.00. The first-order valence-corrected chi connectivity index (χ1v) is 8.97. The number of fused-ring (bicyclic) bond motifs is 1. The standard InChI is InChI=1S/C19H19N7O/c1-2-6-20-16(3-1)15-9-13(15)12-27-19-10-18(21-11-14-4-7-22-25-14)26-17(24-19)5-8-23-26/h1-8,10,13,15,21H,9,11-12H2,(H,22,25)/t13-,15+/m0/s1. The zero-order valence-corrected chi connectivity index (χ0v) is 14.6. The molecule has 2 N–H and O–H groups in total. The van der Waals surface area contributed by atoms with Crippen molar-refractivity contribution in [3.05, 3.63) is 66.4 Å². The van der Waals surface area contributed by atoms with E-state index in [0.29, 0.717) is 30.9 Å². The number of aromatic nitrogens is 6. The third kappa shape index (κ3) is 3.33. The highest BCUT2D eigenvalue weighted by molar-refractivity contribution is 5.50. The molecular formula is C19H19N7O. The van der Waals surface area contributed by atoms with Crippen LogP contribution in [-0.4, -0.2) is 36.4 Å². The molecule has 0 amide bonds. The molecule has 0 saturated heterocycles. The van der Waals surface area contributed by atoms with Gasteiger partial charge >= 0.3 is 0 Å². The van der Waals surface area contributed by atoms with Gasteiger partial charge in [0.1, 0.15) is 5.82 Å². The average molecular weight is 361 g/mol. The Labute approximate surface area is 155 Å². The van der Waals surface area contributed by atoms with Crippen molar-refractivity contribution in [3.63, 3.8) is 0 Å². The van der Waals surface area contributed by atoms with Crippen molar-refractivity contribution in [1.29, 1.82) is 0 Å². The van der Waals surface area contributed by atoms with Gasteiger partial charge in [0.2, 0.25) is 5.88 Å². The van der Waals surface area contributed by atoms with Gasteiger partial charge < -0.3 is 10.1 Å². The molecule has 2 atom stereocenters. The Morgan fingerprint density at radius 1 is 1.19 bits per heavy atom. The van der Waals surface area contributed by atoms with E-state index >= 15 is 0 Å². The quantitative estimate of drug-likeness (QED) is 0.526. The number of nitrogens with one attached hydrogen (secondary N) is 2. The van der Waals surface area contributed by atoms with Gasteiger partial charge in [-0.2, -0.15) is 19.7 Å². The fourth-order valence-corrected chi connectivity index (χ4v) is 3.24. The van der Waals surface area contributed by atoms with Crippen molar-refractivity contribution in [3.8, 4) is 5.88 Å². The molecule has 136 valence electrons. The molecular weight excluding hydrogens is 342 g/mol. The topological polar surface area (TPSA) is 93.0 Å². The normalized spacial score (nSPS) is 18.5. The fourth-order valence-electron chi connectivity index (χ4n) is 3.24. The van der Waals surface area contributed by atoms with Gasteiger partial charge in [-0.3, -0.25) is 10.1 Å². The number of aromatic amines is 1. The summed E-state index contributed by atoms with van der Waals surface area (Å²) >= 11 is 0. The molecule has 5 rings (SSSR count). The van der Waals surface area contributed by atoms with E-state index in [2.05, 4.69) is 36.6 Å². The van der Waals surface area contributed by atoms with Crippen LogP contribution in [0.2, 0.25) is 0 Å². The van der Waals surface area contributed by atoms with E-state index < -0.39 is 0 Å². The monoisotopic (exact) mass is 361 g/mol. The molecule has 0 aromatic carbocycles. The van der Waals surface area contributed by atoms with Crippen molar-refractivity contribution in [2.45, 2.75) is 18.9 Å². The van der Waals surface area contributed by atoms with Gasteiger partial charge in [0, 0.05) is 42.1 Å². The molecule has 0 spiro atoms. The summed E-state index contributed by atoms with van der Waals surface area (Å²) in [7, 11) is 0. The van der Waals surface area contributed by atoms with Crippen molar-refractivity contribution in [2.24, 2.45) is 5.92 Å². The van der Waals surface area contributed by atoms with Gasteiger partial charge in [-0.1, -0.05) is 6.07 Å². The first-order chi connectivity index (χ1) is 13.4. The van der Waals surface area contributed by atoms with Crippen LogP contribution in [0.1, 0.15) is 23.7 Å². The second-order valence-corrected chi connectivity index (χ2v) is 6.68. The lowest BCUT2D eigenvalue weighted by Gasteiger charge is -2.11. The lowest BCUT2D eigenvalue weighted by Crippen LogP contribution is -2.09. The van der Waals surface area contributed by atoms with Crippen molar-refractivity contribution in [2.75, 3.05) is 11.9 Å². The zero-order chi connectivity index (χ0) is 18.1. The van der Waals surface area contributed by atoms with E-state index in [0.717, 1.165) is 29.3 Å². The molecule has 4 aromatic heterocycles. The number of ether oxygens (including phenoxy) is 1. The van der Waals surface area contributed by atoms with Crippen LogP contribution in [0.5, 0.6) is 5.88 Å². The number of nitrogens with zero attached hydrogens (tertiary/aromatic N) is 5. The molecule has 0 radical (unpaired) electrons. The van der Waals surface area contributed by atoms with Crippen molar-refractivity contribution >= 4 is 11.5 Å². The molecule has 4 aromatic rings. The van der Waals surface area contributed by atoms with Crippen LogP contribution in [0.25, 0.3) is 5.65 Å². The molecule has 0 unspecified atom stereocenters. The second-order valence-electron chi connectivity index (χ2n) is 6.68. The molecule has 27 heavy (non-hydrogen) atoms. The van der Waals surface area contributed by atoms with E-state index in [1.54, 1.807) is 16.9 Å². The highest BCUT2D eigenvalue weighted by atomic mass is 16.5. The summed E-state index contributed by atoms with van der Waals surface area (Å²) in [5.41, 5.74) is 2.88. The number of rotatable bonds is 7. The Balaban J connectivity index is 1.28. The molecule has 0 bridgehead atoms. The SMILES string of the molecule is c1ccc([C@@H]2C[C@H]2COc2cc(NCc3ccn[nH]3)n3nccc3n2)nc1. The minimum absolute atomic E-state index is 0.489. The smallest absolute Gasteiger partial charge is 0.219 e. The van der Waals surface area contributed by atoms with Crippen LogP contribution in [0.4, 0.5) is 5.82 Å². The highest BCUT2D eigenvalue weighted by Crippen LogP contribution is 2.46. The van der Waals surface area contributed by atoms with E-state index in [9.17, 15) is 0 Å². The maximum atomic E-state index is 6.00. The van der Waals surface area contributed by atoms with Gasteiger partial charge in [0.25, 0.3) is 0 Å². The van der Waals surface area contributed by atoms with E-state index in [4.69, 9.17) is 4.74 Å². The summed E-state index contributed by atoms with van der Waals surface area (Å²) in [4.78, 5) is 8.98. The van der Waals surface area contributed by atoms with Crippen LogP contribution in [-0.2, 0) is 6.54 Å². The summed E-state index contributed by atoms with van der Waals surface area (Å²) in [6.45, 7) is 1.25. The molecule has 1 fully saturated rings. The summed E-state index contributed by atoms with van der Waals surface area (Å²) in [5.74, 6) is 2.40. The number of anilines is 1. The minimum Gasteiger partial charge on any atom is -0.477 e. The molecule has 4 heterocycles. The van der Waals surface area contributed by atoms with Crippen LogP contribution in [0, 0.1) is 5.92 Å². The Kier molecular flexibility index (Phi) is 3.93. The maximum Gasteiger partial charge on any atom is 0.219 e. The van der Waals surface area contributed by atoms with Crippen LogP contribution >= 0.6 is 0 Å². The molecule has 0 aliphatic heterocycles. The first-order valence-electron chi connectivity index (χ1n) is 8.97. The molecule has 1 saturated carbocycles. The lowest BCUT2D eigenvalue weighted by atomic mass is 10.2. The summed E-state index contributed by atoms with van der Waals surface area (Å²) in [6.07, 6.45) is 6.41. The lowest BCUT2D eigenvalue weighted by molar-refractivity contribution is 0.286. The highest BCUT2D eigenvalue weighted by Gasteiger charge is 2.39. The second kappa shape index (κ2) is 6.71. The Morgan fingerprint density at radius 2 is 2.19 bits per heavy atom. The van der Waals surface area contributed by atoms with Crippen molar-refractivity contribution < 1.29 is 4.74 Å². The Morgan fingerprint density at radius 3 is 3.04 bits per heavy atom. The predicted octanol–water partition coefficient (Wildman–Crippen LogP) is 2.64. The molecule has 8 heteroatoms. The van der Waals surface area contributed by atoms with Crippen LogP contribution in [0.15, 0.2) is 55.0 Å². The largest absolute Gasteiger partial charge is 0.477 e. The predicted molar refractivity (Wildman–Crippen MR) is 99.5 cm³/mol. The Bertz CT molecular complexity index is 1030. The van der Waals surface area contributed by atoms with Gasteiger partial charge in [0.05, 0.1) is 25.0 Å². The summed E-state index contributed by atoms with van der Waals surface area (Å²) in [6, 6.07) is 11.7. The van der Waals surface area contributed by atoms with E-state index in [-0.39, 0.29) is 0 Å². The average Bonchev–Trinajstić information content (AvgIpc) is 3.07. The third-order valence-corrected chi connectivity index (χ3v) is 4.79. The zero-order valence-electron chi connectivity index (χ0n) is 14.6. The summed E-state index contributed by atoms with van der Waals surface area (Å²) < 4.78 is 7.76. The van der Waals surface area contributed by atoms with E-state index in [1.807, 2.05) is 36.5 Å². The molecule has 1 aliphatic carbocycles. The summed E-state index contributed by atoms with van der Waals surface area (Å²) in [5, 5.41) is 14.6. The van der Waals surface area contributed by atoms with Gasteiger partial charge in [0.15, 0.2) is 5.65 Å². The minimum atomic E-state index is 0.489. The number of hydrogen-bond donors (Lipinski definition) is 2. The Hall–Kier alpha value is -3.42. The van der Waals surface area contributed by atoms with Gasteiger partial charge in [-0.15, -0.1) is 0 Å². The van der Waals surface area contributed by atoms with Crippen LogP contribution < -0.4 is 10.1 Å². The van der Waals surface area contributed by atoms with Crippen LogP contribution in [0.3, 0.4) is 0 Å². The van der Waals surface area contributed by atoms with Crippen molar-refractivity contribution in [1.82, 2.24) is 29.8 Å². The van der Waals surface area contributed by atoms with E-state index in [1.165, 1.54) is 0 Å². The number of pyridine rings is 1.